The van der Waals surface area contributed by atoms with Crippen molar-refractivity contribution in [3.63, 3.8) is 0 Å². The van der Waals surface area contributed by atoms with Crippen LogP contribution in [0.25, 0.3) is 0 Å². The Morgan fingerprint density at radius 2 is 1.40 bits per heavy atom. The van der Waals surface area contributed by atoms with Crippen molar-refractivity contribution >= 4 is 11.8 Å². The highest BCUT2D eigenvalue weighted by Gasteiger charge is 2.35. The monoisotopic (exact) mass is 299 g/mol. The molecule has 0 amide bonds. The third-order valence-corrected chi connectivity index (χ3v) is 6.27. The minimum absolute atomic E-state index is 0.610. The van der Waals surface area contributed by atoms with Gasteiger partial charge in [-0.25, -0.2) is 0 Å². The SMILES string of the molecule is CCCCCCCCCCCCNCC1(SC)CCC1. The van der Waals surface area contributed by atoms with Gasteiger partial charge in [-0.1, -0.05) is 71.1 Å². The van der Waals surface area contributed by atoms with Crippen LogP contribution in [-0.4, -0.2) is 24.1 Å². The zero-order valence-electron chi connectivity index (χ0n) is 14.0. The Kier molecular flexibility index (Phi) is 10.9. The van der Waals surface area contributed by atoms with Crippen LogP contribution in [0.15, 0.2) is 0 Å². The molecule has 120 valence electrons. The van der Waals surface area contributed by atoms with Crippen LogP contribution in [0.5, 0.6) is 0 Å². The molecule has 0 aliphatic heterocycles. The zero-order valence-corrected chi connectivity index (χ0v) is 14.8. The van der Waals surface area contributed by atoms with Crippen molar-refractivity contribution in [3.8, 4) is 0 Å². The maximum Gasteiger partial charge on any atom is 0.0281 e. The van der Waals surface area contributed by atoms with Gasteiger partial charge < -0.3 is 5.32 Å². The number of hydrogen-bond donors (Lipinski definition) is 1. The Labute approximate surface area is 132 Å². The normalized spacial score (nSPS) is 17.1. The standard InChI is InChI=1S/C18H37NS/c1-3-4-5-6-7-8-9-10-11-12-16-19-17-18(20-2)14-13-15-18/h19H,3-17H2,1-2H3. The van der Waals surface area contributed by atoms with Gasteiger partial charge in [0.05, 0.1) is 0 Å². The summed E-state index contributed by atoms with van der Waals surface area (Å²) in [5.74, 6) is 0. The largest absolute Gasteiger partial charge is 0.315 e. The molecule has 0 heterocycles. The predicted molar refractivity (Wildman–Crippen MR) is 94.8 cm³/mol. The van der Waals surface area contributed by atoms with Crippen LogP contribution >= 0.6 is 11.8 Å². The van der Waals surface area contributed by atoms with Crippen LogP contribution in [0.2, 0.25) is 0 Å². The van der Waals surface area contributed by atoms with Gasteiger partial charge in [0.1, 0.15) is 0 Å². The summed E-state index contributed by atoms with van der Waals surface area (Å²) in [6.45, 7) is 4.77. The van der Waals surface area contributed by atoms with Gasteiger partial charge in [-0.3, -0.25) is 0 Å². The topological polar surface area (TPSA) is 12.0 Å². The Hall–Kier alpha value is 0.310. The van der Waals surface area contributed by atoms with Crippen LogP contribution in [0, 0.1) is 0 Å². The fraction of sp³-hybridized carbons (Fsp3) is 1.00. The van der Waals surface area contributed by atoms with E-state index in [2.05, 4.69) is 30.3 Å². The first-order valence-corrected chi connectivity index (χ1v) is 10.3. The molecule has 1 nitrogen and oxygen atoms in total. The second kappa shape index (κ2) is 11.9. The Bertz CT molecular complexity index is 208. The second-order valence-corrected chi connectivity index (χ2v) is 7.87. The van der Waals surface area contributed by atoms with Gasteiger partial charge in [0.25, 0.3) is 0 Å². The van der Waals surface area contributed by atoms with Crippen molar-refractivity contribution in [2.24, 2.45) is 0 Å². The number of unbranched alkanes of at least 4 members (excludes halogenated alkanes) is 9. The molecule has 1 aliphatic carbocycles. The lowest BCUT2D eigenvalue weighted by Crippen LogP contribution is -2.43. The summed E-state index contributed by atoms with van der Waals surface area (Å²) in [4.78, 5) is 0. The van der Waals surface area contributed by atoms with E-state index in [4.69, 9.17) is 0 Å². The van der Waals surface area contributed by atoms with Crippen molar-refractivity contribution in [2.45, 2.75) is 95.1 Å². The minimum Gasteiger partial charge on any atom is -0.315 e. The molecule has 2 heteroatoms. The summed E-state index contributed by atoms with van der Waals surface area (Å²) in [6.07, 6.45) is 20.9. The molecule has 1 fully saturated rings. The molecule has 1 N–H and O–H groups in total. The number of hydrogen-bond acceptors (Lipinski definition) is 2. The van der Waals surface area contributed by atoms with Crippen LogP contribution in [-0.2, 0) is 0 Å². The summed E-state index contributed by atoms with van der Waals surface area (Å²) in [7, 11) is 0. The van der Waals surface area contributed by atoms with Gasteiger partial charge >= 0.3 is 0 Å². The second-order valence-electron chi connectivity index (χ2n) is 6.60. The molecule has 0 aromatic carbocycles. The summed E-state index contributed by atoms with van der Waals surface area (Å²) in [5, 5.41) is 3.68. The van der Waals surface area contributed by atoms with E-state index in [0.29, 0.717) is 4.75 Å². The molecule has 0 atom stereocenters. The lowest BCUT2D eigenvalue weighted by atomic mass is 9.84. The highest BCUT2D eigenvalue weighted by Crippen LogP contribution is 2.42. The molecule has 0 bridgehead atoms. The summed E-state index contributed by atoms with van der Waals surface area (Å²) < 4.78 is 0.610. The minimum atomic E-state index is 0.610. The van der Waals surface area contributed by atoms with Gasteiger partial charge in [0, 0.05) is 11.3 Å². The van der Waals surface area contributed by atoms with Crippen LogP contribution in [0.3, 0.4) is 0 Å². The number of nitrogens with one attached hydrogen (secondary N) is 1. The van der Waals surface area contributed by atoms with Crippen LogP contribution in [0.4, 0.5) is 0 Å². The third kappa shape index (κ3) is 7.93. The molecule has 0 unspecified atom stereocenters. The smallest absolute Gasteiger partial charge is 0.0281 e. The van der Waals surface area contributed by atoms with E-state index in [1.165, 1.54) is 96.6 Å². The summed E-state index contributed by atoms with van der Waals surface area (Å²) >= 11 is 2.08. The average Bonchev–Trinajstić information content (AvgIpc) is 2.42. The van der Waals surface area contributed by atoms with E-state index in [-0.39, 0.29) is 0 Å². The van der Waals surface area contributed by atoms with Crippen molar-refractivity contribution in [3.05, 3.63) is 0 Å². The Morgan fingerprint density at radius 3 is 1.85 bits per heavy atom. The predicted octanol–water partition coefficient (Wildman–Crippen LogP) is 5.78. The zero-order chi connectivity index (χ0) is 14.5. The maximum absolute atomic E-state index is 3.68. The molecule has 1 saturated carbocycles. The van der Waals surface area contributed by atoms with E-state index in [0.717, 1.165) is 0 Å². The molecule has 0 aromatic rings. The summed E-state index contributed by atoms with van der Waals surface area (Å²) in [6, 6.07) is 0. The highest BCUT2D eigenvalue weighted by atomic mass is 32.2. The first-order valence-electron chi connectivity index (χ1n) is 9.09. The quantitative estimate of drug-likeness (QED) is 0.408. The van der Waals surface area contributed by atoms with Gasteiger partial charge in [-0.2, -0.15) is 11.8 Å². The fourth-order valence-electron chi connectivity index (χ4n) is 3.08. The van der Waals surface area contributed by atoms with Crippen molar-refractivity contribution in [1.29, 1.82) is 0 Å². The third-order valence-electron chi connectivity index (χ3n) is 4.85. The van der Waals surface area contributed by atoms with Gasteiger partial charge in [0.2, 0.25) is 0 Å². The molecular formula is C18H37NS. The van der Waals surface area contributed by atoms with E-state index in [9.17, 15) is 0 Å². The van der Waals surface area contributed by atoms with Gasteiger partial charge in [-0.15, -0.1) is 0 Å². The maximum atomic E-state index is 3.68. The molecular weight excluding hydrogens is 262 g/mol. The van der Waals surface area contributed by atoms with Crippen LogP contribution in [0.1, 0.15) is 90.4 Å². The summed E-state index contributed by atoms with van der Waals surface area (Å²) in [5.41, 5.74) is 0. The molecule has 20 heavy (non-hydrogen) atoms. The van der Waals surface area contributed by atoms with Crippen molar-refractivity contribution < 1.29 is 0 Å². The first kappa shape index (κ1) is 18.4. The van der Waals surface area contributed by atoms with E-state index in [1.807, 2.05) is 0 Å². The first-order chi connectivity index (χ1) is 9.83. The lowest BCUT2D eigenvalue weighted by molar-refractivity contribution is 0.345. The Balaban J connectivity index is 1.74. The molecule has 0 spiro atoms. The Morgan fingerprint density at radius 1 is 0.850 bits per heavy atom. The van der Waals surface area contributed by atoms with E-state index in [1.54, 1.807) is 0 Å². The lowest BCUT2D eigenvalue weighted by Gasteiger charge is -2.40. The highest BCUT2D eigenvalue weighted by molar-refractivity contribution is 8.00. The van der Waals surface area contributed by atoms with Crippen molar-refractivity contribution in [1.82, 2.24) is 5.32 Å². The van der Waals surface area contributed by atoms with Gasteiger partial charge in [-0.05, 0) is 32.1 Å². The van der Waals surface area contributed by atoms with Crippen LogP contribution < -0.4 is 5.32 Å². The average molecular weight is 300 g/mol. The van der Waals surface area contributed by atoms with Crippen molar-refractivity contribution in [2.75, 3.05) is 19.3 Å². The number of rotatable bonds is 14. The molecule has 1 rings (SSSR count). The van der Waals surface area contributed by atoms with E-state index >= 15 is 0 Å². The fourth-order valence-corrected chi connectivity index (χ4v) is 4.02. The molecule has 0 aromatic heterocycles. The molecule has 1 aliphatic rings. The number of thioether (sulfide) groups is 1. The van der Waals surface area contributed by atoms with Gasteiger partial charge in [0.15, 0.2) is 0 Å². The molecule has 0 saturated heterocycles. The van der Waals surface area contributed by atoms with E-state index < -0.39 is 0 Å². The molecule has 0 radical (unpaired) electrons.